The van der Waals surface area contributed by atoms with Crippen molar-refractivity contribution in [1.82, 2.24) is 4.98 Å². The molecule has 6 nitrogen and oxygen atoms in total. The maximum Gasteiger partial charge on any atom is 0.338 e. The highest BCUT2D eigenvalue weighted by Crippen LogP contribution is 2.36. The minimum Gasteiger partial charge on any atom is -0.478 e. The van der Waals surface area contributed by atoms with Crippen LogP contribution in [-0.4, -0.2) is 33.1 Å². The summed E-state index contributed by atoms with van der Waals surface area (Å²) >= 11 is 1.02. The summed E-state index contributed by atoms with van der Waals surface area (Å²) < 4.78 is 0. The number of thioether (sulfide) groups is 1. The Kier molecular flexibility index (Phi) is 4.37. The molecule has 2 heterocycles. The molecule has 1 saturated heterocycles. The Balaban J connectivity index is 1.68. The van der Waals surface area contributed by atoms with E-state index in [9.17, 15) is 19.5 Å². The van der Waals surface area contributed by atoms with Gasteiger partial charge in [-0.25, -0.2) is 14.7 Å². The van der Waals surface area contributed by atoms with E-state index in [1.54, 1.807) is 12.1 Å². The molecule has 1 N–H and O–H groups in total. The second-order valence-electron chi connectivity index (χ2n) is 6.04. The molecule has 0 bridgehead atoms. The molecular weight excluding hydrogens is 364 g/mol. The smallest absolute Gasteiger partial charge is 0.338 e. The first kappa shape index (κ1) is 17.2. The monoisotopic (exact) mass is 378 g/mol. The van der Waals surface area contributed by atoms with Gasteiger partial charge in [-0.15, -0.1) is 0 Å². The Morgan fingerprint density at radius 1 is 1.07 bits per heavy atom. The van der Waals surface area contributed by atoms with E-state index >= 15 is 0 Å². The number of benzene rings is 2. The molecular formula is C20H14N2O4S. The predicted octanol–water partition coefficient (Wildman–Crippen LogP) is 3.36. The van der Waals surface area contributed by atoms with Gasteiger partial charge in [0.2, 0.25) is 11.8 Å². The minimum absolute atomic E-state index is 0.00234. The largest absolute Gasteiger partial charge is 0.478 e. The van der Waals surface area contributed by atoms with Crippen LogP contribution in [0, 0.1) is 0 Å². The van der Waals surface area contributed by atoms with E-state index in [1.807, 2.05) is 30.3 Å². The number of imide groups is 1. The number of carboxylic acid groups (broad SMARTS) is 1. The quantitative estimate of drug-likeness (QED) is 0.701. The fraction of sp³-hybridized carbons (Fsp3) is 0.100. The normalized spacial score (nSPS) is 16.9. The van der Waals surface area contributed by atoms with Crippen molar-refractivity contribution in [2.75, 3.05) is 4.90 Å². The lowest BCUT2D eigenvalue weighted by atomic mass is 10.1. The first-order valence-electron chi connectivity index (χ1n) is 8.26. The van der Waals surface area contributed by atoms with E-state index in [-0.39, 0.29) is 28.8 Å². The van der Waals surface area contributed by atoms with Crippen LogP contribution in [0.15, 0.2) is 65.8 Å². The molecule has 0 unspecified atom stereocenters. The number of pyridine rings is 1. The van der Waals surface area contributed by atoms with E-state index in [4.69, 9.17) is 0 Å². The van der Waals surface area contributed by atoms with Crippen molar-refractivity contribution in [3.05, 3.63) is 66.4 Å². The number of carbonyl (C=O) groups is 3. The third-order valence-corrected chi connectivity index (χ3v) is 5.57. The van der Waals surface area contributed by atoms with Crippen molar-refractivity contribution < 1.29 is 19.5 Å². The van der Waals surface area contributed by atoms with Crippen LogP contribution < -0.4 is 4.90 Å². The number of carboxylic acids is 1. The molecule has 3 aromatic rings. The third-order valence-electron chi connectivity index (χ3n) is 4.37. The molecule has 7 heteroatoms. The van der Waals surface area contributed by atoms with Gasteiger partial charge in [0.25, 0.3) is 0 Å². The summed E-state index contributed by atoms with van der Waals surface area (Å²) in [4.78, 5) is 42.2. The SMILES string of the molecule is O=C(O)c1cccnc1S[C@H]1CC(=O)N(c2cccc3ccccc23)C1=O. The molecule has 2 amide bonds. The Morgan fingerprint density at radius 2 is 1.85 bits per heavy atom. The van der Waals surface area contributed by atoms with Crippen LogP contribution in [0.5, 0.6) is 0 Å². The van der Waals surface area contributed by atoms with Crippen LogP contribution in [0.4, 0.5) is 5.69 Å². The topological polar surface area (TPSA) is 87.6 Å². The number of hydrogen-bond acceptors (Lipinski definition) is 5. The zero-order valence-corrected chi connectivity index (χ0v) is 14.8. The molecule has 0 radical (unpaired) electrons. The van der Waals surface area contributed by atoms with Gasteiger partial charge in [-0.1, -0.05) is 48.2 Å². The summed E-state index contributed by atoms with van der Waals surface area (Å²) in [5, 5.41) is 10.6. The number of anilines is 1. The van der Waals surface area contributed by atoms with Crippen LogP contribution >= 0.6 is 11.8 Å². The van der Waals surface area contributed by atoms with Gasteiger partial charge in [-0.2, -0.15) is 0 Å². The van der Waals surface area contributed by atoms with Crippen molar-refractivity contribution >= 4 is 46.0 Å². The van der Waals surface area contributed by atoms with Gasteiger partial charge in [0.05, 0.1) is 16.5 Å². The standard InChI is InChI=1S/C20H14N2O4S/c23-17-11-16(27-18-14(20(25)26)8-4-10-21-18)19(24)22(17)15-9-3-6-12-5-1-2-7-13(12)15/h1-10,16H,11H2,(H,25,26)/t16-/m0/s1. The molecule has 27 heavy (non-hydrogen) atoms. The Hall–Kier alpha value is -3.19. The van der Waals surface area contributed by atoms with Crippen LogP contribution in [-0.2, 0) is 9.59 Å². The summed E-state index contributed by atoms with van der Waals surface area (Å²) in [5.41, 5.74) is 0.567. The number of carbonyl (C=O) groups excluding carboxylic acids is 2. The first-order chi connectivity index (χ1) is 13.1. The van der Waals surface area contributed by atoms with Crippen molar-refractivity contribution in [3.63, 3.8) is 0 Å². The zero-order chi connectivity index (χ0) is 19.0. The highest BCUT2D eigenvalue weighted by molar-refractivity contribution is 8.00. The second-order valence-corrected chi connectivity index (χ2v) is 7.23. The van der Waals surface area contributed by atoms with Crippen LogP contribution in [0.25, 0.3) is 10.8 Å². The summed E-state index contributed by atoms with van der Waals surface area (Å²) in [7, 11) is 0. The fourth-order valence-electron chi connectivity index (χ4n) is 3.13. The van der Waals surface area contributed by atoms with Gasteiger partial charge < -0.3 is 5.11 Å². The van der Waals surface area contributed by atoms with Crippen molar-refractivity contribution in [1.29, 1.82) is 0 Å². The lowest BCUT2D eigenvalue weighted by Crippen LogP contribution is -2.31. The highest BCUT2D eigenvalue weighted by atomic mass is 32.2. The van der Waals surface area contributed by atoms with Gasteiger partial charge in [-0.05, 0) is 23.6 Å². The maximum absolute atomic E-state index is 13.0. The van der Waals surface area contributed by atoms with Crippen LogP contribution in [0.1, 0.15) is 16.8 Å². The summed E-state index contributed by atoms with van der Waals surface area (Å²) in [6.45, 7) is 0. The number of amides is 2. The molecule has 1 aromatic heterocycles. The van der Waals surface area contributed by atoms with Crippen LogP contribution in [0.3, 0.4) is 0 Å². The minimum atomic E-state index is -1.12. The molecule has 4 rings (SSSR count). The number of fused-ring (bicyclic) bond motifs is 1. The Morgan fingerprint density at radius 3 is 2.67 bits per heavy atom. The molecule has 1 aliphatic rings. The first-order valence-corrected chi connectivity index (χ1v) is 9.14. The molecule has 1 fully saturated rings. The van der Waals surface area contributed by atoms with Crippen molar-refractivity contribution in [2.24, 2.45) is 0 Å². The molecule has 1 aliphatic heterocycles. The third kappa shape index (κ3) is 3.06. The molecule has 1 atom stereocenters. The van der Waals surface area contributed by atoms with Crippen LogP contribution in [0.2, 0.25) is 0 Å². The van der Waals surface area contributed by atoms with Gasteiger partial charge in [0.1, 0.15) is 5.03 Å². The van der Waals surface area contributed by atoms with Gasteiger partial charge in [0.15, 0.2) is 0 Å². The highest BCUT2D eigenvalue weighted by Gasteiger charge is 2.41. The van der Waals surface area contributed by atoms with E-state index in [0.717, 1.165) is 22.5 Å². The van der Waals surface area contributed by atoms with E-state index < -0.39 is 11.2 Å². The molecule has 0 spiro atoms. The molecule has 2 aromatic carbocycles. The summed E-state index contributed by atoms with van der Waals surface area (Å²) in [6.07, 6.45) is 1.47. The lowest BCUT2D eigenvalue weighted by Gasteiger charge is -2.17. The van der Waals surface area contributed by atoms with Gasteiger partial charge in [0, 0.05) is 18.0 Å². The number of nitrogens with zero attached hydrogens (tertiary/aromatic N) is 2. The predicted molar refractivity (Wildman–Crippen MR) is 102 cm³/mol. The summed E-state index contributed by atoms with van der Waals surface area (Å²) in [6, 6.07) is 16.0. The van der Waals surface area contributed by atoms with E-state index in [2.05, 4.69) is 4.98 Å². The number of aromatic nitrogens is 1. The fourth-order valence-corrected chi connectivity index (χ4v) is 4.24. The van der Waals surface area contributed by atoms with Gasteiger partial charge in [-0.3, -0.25) is 9.59 Å². The second kappa shape index (κ2) is 6.85. The number of aromatic carboxylic acids is 1. The maximum atomic E-state index is 13.0. The lowest BCUT2D eigenvalue weighted by molar-refractivity contribution is -0.121. The molecule has 134 valence electrons. The van der Waals surface area contributed by atoms with Gasteiger partial charge >= 0.3 is 5.97 Å². The summed E-state index contributed by atoms with van der Waals surface area (Å²) in [5.74, 6) is -1.78. The van der Waals surface area contributed by atoms with Crippen molar-refractivity contribution in [3.8, 4) is 0 Å². The zero-order valence-electron chi connectivity index (χ0n) is 14.0. The van der Waals surface area contributed by atoms with E-state index in [0.29, 0.717) is 5.69 Å². The average Bonchev–Trinajstić information content (AvgIpc) is 2.95. The van der Waals surface area contributed by atoms with E-state index in [1.165, 1.54) is 23.2 Å². The average molecular weight is 378 g/mol. The van der Waals surface area contributed by atoms with Crippen molar-refractivity contribution in [2.45, 2.75) is 16.7 Å². The molecule has 0 aliphatic carbocycles. The molecule has 0 saturated carbocycles. The Labute approximate surface area is 158 Å². The number of hydrogen-bond donors (Lipinski definition) is 1. The Bertz CT molecular complexity index is 1080. The number of rotatable bonds is 4.